The third kappa shape index (κ3) is 6.74. The summed E-state index contributed by atoms with van der Waals surface area (Å²) in [5, 5.41) is 7.68. The number of nitrogens with one attached hydrogen (secondary N) is 1. The molecule has 1 N–H and O–H groups in total. The van der Waals surface area contributed by atoms with E-state index in [2.05, 4.69) is 34.5 Å². The topological polar surface area (TPSA) is 98.5 Å². The smallest absolute Gasteiger partial charge is 0.263 e. The zero-order valence-electron chi connectivity index (χ0n) is 26.0. The van der Waals surface area contributed by atoms with E-state index in [9.17, 15) is 14.4 Å². The summed E-state index contributed by atoms with van der Waals surface area (Å²) in [5.41, 5.74) is 4.70. The van der Waals surface area contributed by atoms with Crippen LogP contribution in [0.2, 0.25) is 0 Å². The maximum Gasteiger partial charge on any atom is 0.263 e. The zero-order chi connectivity index (χ0) is 31.2. The van der Waals surface area contributed by atoms with Crippen LogP contribution >= 0.6 is 0 Å². The number of carbonyl (C=O) groups is 2. The number of aryl methyl sites for hydroxylation is 1. The molecule has 230 valence electrons. The first-order valence-corrected chi connectivity index (χ1v) is 15.2. The molecule has 44 heavy (non-hydrogen) atoms. The molecule has 2 atom stereocenters. The van der Waals surface area contributed by atoms with E-state index in [0.717, 1.165) is 36.6 Å². The molecule has 1 aliphatic heterocycles. The van der Waals surface area contributed by atoms with E-state index in [1.54, 1.807) is 26.4 Å². The van der Waals surface area contributed by atoms with Crippen molar-refractivity contribution in [2.24, 2.45) is 13.0 Å². The minimum absolute atomic E-state index is 0.0596. The number of amides is 1. The number of Topliss-reactive ketones (excluding diaryl/α,β-unsaturated/α-hetero) is 1. The first-order valence-electron chi connectivity index (χ1n) is 15.2. The number of pyridine rings is 1. The predicted molar refractivity (Wildman–Crippen MR) is 171 cm³/mol. The summed E-state index contributed by atoms with van der Waals surface area (Å²) in [7, 11) is 3.34. The van der Waals surface area contributed by atoms with Crippen LogP contribution in [0, 0.1) is 12.8 Å². The van der Waals surface area contributed by atoms with E-state index in [1.165, 1.54) is 10.1 Å². The number of para-hydroxylation sites is 1. The quantitative estimate of drug-likeness (QED) is 0.264. The number of ether oxygens (including phenoxy) is 1. The third-order valence-electron chi connectivity index (χ3n) is 8.49. The molecule has 5 rings (SSSR count). The molecule has 0 bridgehead atoms. The summed E-state index contributed by atoms with van der Waals surface area (Å²) in [6.45, 7) is 7.42. The Hall–Kier alpha value is -4.34. The first-order chi connectivity index (χ1) is 21.3. The van der Waals surface area contributed by atoms with Gasteiger partial charge in [0.25, 0.3) is 11.5 Å². The van der Waals surface area contributed by atoms with Gasteiger partial charge in [0.2, 0.25) is 0 Å². The van der Waals surface area contributed by atoms with E-state index >= 15 is 0 Å². The van der Waals surface area contributed by atoms with Crippen molar-refractivity contribution in [3.05, 3.63) is 106 Å². The van der Waals surface area contributed by atoms with Crippen LogP contribution in [0.3, 0.4) is 0 Å². The third-order valence-corrected chi connectivity index (χ3v) is 8.49. The van der Waals surface area contributed by atoms with Crippen LogP contribution in [-0.2, 0) is 23.0 Å². The van der Waals surface area contributed by atoms with E-state index in [4.69, 9.17) is 9.84 Å². The van der Waals surface area contributed by atoms with Gasteiger partial charge in [0, 0.05) is 70.9 Å². The Kier molecular flexibility index (Phi) is 9.87. The highest BCUT2D eigenvalue weighted by atomic mass is 16.5. The van der Waals surface area contributed by atoms with Crippen molar-refractivity contribution in [1.29, 1.82) is 0 Å². The molecule has 0 unspecified atom stereocenters. The Labute approximate surface area is 258 Å². The van der Waals surface area contributed by atoms with Gasteiger partial charge >= 0.3 is 0 Å². The molecule has 1 saturated heterocycles. The lowest BCUT2D eigenvalue weighted by Crippen LogP contribution is -2.32. The molecular weight excluding hydrogens is 554 g/mol. The Balaban J connectivity index is 1.48. The Morgan fingerprint density at radius 1 is 1.05 bits per heavy atom. The van der Waals surface area contributed by atoms with Crippen LogP contribution < -0.4 is 10.9 Å². The van der Waals surface area contributed by atoms with Crippen molar-refractivity contribution in [3.63, 3.8) is 0 Å². The Morgan fingerprint density at radius 3 is 2.43 bits per heavy atom. The summed E-state index contributed by atoms with van der Waals surface area (Å²) >= 11 is 0. The SMILES string of the molecule is CCNC(=O)c1cc(-c2nn(-c3ccccc3)c(CC(=O)C[C@@H]3CN(CCOC)C[C@H]3c3ccccc3)c2C)cn(C)c1=O. The summed E-state index contributed by atoms with van der Waals surface area (Å²) < 4.78 is 8.57. The van der Waals surface area contributed by atoms with Gasteiger partial charge in [-0.05, 0) is 49.1 Å². The van der Waals surface area contributed by atoms with Crippen molar-refractivity contribution in [3.8, 4) is 16.9 Å². The van der Waals surface area contributed by atoms with Crippen LogP contribution in [0.5, 0.6) is 0 Å². The molecular formula is C35H41N5O4. The lowest BCUT2D eigenvalue weighted by Gasteiger charge is -2.18. The standard InChI is InChI=1S/C35H41N5O4/c1-5-36-34(42)30-19-27(21-38(3)35(30)43)33-24(2)32(40(37-33)28-14-10-7-11-15-28)20-29(41)18-26-22-39(16-17-44-4)23-31(26)25-12-8-6-9-13-25/h6-15,19,21,26,31H,5,16-18,20,22-23H2,1-4H3,(H,36,42)/t26-,31+/m1/s1. The molecule has 0 spiro atoms. The van der Waals surface area contributed by atoms with E-state index in [-0.39, 0.29) is 35.2 Å². The Bertz CT molecular complexity index is 1660. The molecule has 0 saturated carbocycles. The van der Waals surface area contributed by atoms with Crippen molar-refractivity contribution >= 4 is 11.7 Å². The molecule has 9 nitrogen and oxygen atoms in total. The predicted octanol–water partition coefficient (Wildman–Crippen LogP) is 4.16. The number of aromatic nitrogens is 3. The van der Waals surface area contributed by atoms with Gasteiger partial charge in [0.05, 0.1) is 23.7 Å². The summed E-state index contributed by atoms with van der Waals surface area (Å²) in [6.07, 6.45) is 2.37. The number of hydrogen-bond acceptors (Lipinski definition) is 6. The first kappa shape index (κ1) is 31.1. The molecule has 3 heterocycles. The second kappa shape index (κ2) is 14.0. The average Bonchev–Trinajstić information content (AvgIpc) is 3.58. The van der Waals surface area contributed by atoms with E-state index in [1.807, 2.05) is 54.9 Å². The van der Waals surface area contributed by atoms with Crippen molar-refractivity contribution in [1.82, 2.24) is 24.6 Å². The second-order valence-electron chi connectivity index (χ2n) is 11.5. The largest absolute Gasteiger partial charge is 0.383 e. The second-order valence-corrected chi connectivity index (χ2v) is 11.5. The van der Waals surface area contributed by atoms with Crippen LogP contribution in [0.25, 0.3) is 16.9 Å². The normalized spacial score (nSPS) is 16.7. The summed E-state index contributed by atoms with van der Waals surface area (Å²) in [5.74, 6) is 0.193. The number of rotatable bonds is 12. The fourth-order valence-corrected chi connectivity index (χ4v) is 6.25. The highest BCUT2D eigenvalue weighted by molar-refractivity contribution is 5.95. The lowest BCUT2D eigenvalue weighted by molar-refractivity contribution is -0.119. The fraction of sp³-hybridized carbons (Fsp3) is 0.371. The lowest BCUT2D eigenvalue weighted by atomic mass is 9.85. The highest BCUT2D eigenvalue weighted by Gasteiger charge is 2.35. The molecule has 4 aromatic rings. The monoisotopic (exact) mass is 595 g/mol. The number of hydrogen-bond donors (Lipinski definition) is 1. The molecule has 2 aromatic heterocycles. The number of likely N-dealkylation sites (tertiary alicyclic amines) is 1. The van der Waals surface area contributed by atoms with Gasteiger partial charge in [0.1, 0.15) is 11.3 Å². The molecule has 2 aromatic carbocycles. The number of ketones is 1. The van der Waals surface area contributed by atoms with Gasteiger partial charge in [-0.1, -0.05) is 48.5 Å². The summed E-state index contributed by atoms with van der Waals surface area (Å²) in [6, 6.07) is 21.8. The molecule has 0 aliphatic carbocycles. The molecule has 1 fully saturated rings. The van der Waals surface area contributed by atoms with Gasteiger partial charge in [-0.3, -0.25) is 14.4 Å². The minimum atomic E-state index is -0.422. The van der Waals surface area contributed by atoms with Crippen molar-refractivity contribution in [2.75, 3.05) is 39.9 Å². The Morgan fingerprint density at radius 2 is 1.75 bits per heavy atom. The number of carbonyl (C=O) groups excluding carboxylic acids is 2. The minimum Gasteiger partial charge on any atom is -0.383 e. The molecule has 1 amide bonds. The number of nitrogens with zero attached hydrogens (tertiary/aromatic N) is 4. The maximum absolute atomic E-state index is 13.9. The van der Waals surface area contributed by atoms with Gasteiger partial charge in [-0.25, -0.2) is 4.68 Å². The van der Waals surface area contributed by atoms with Crippen LogP contribution in [0.15, 0.2) is 77.7 Å². The van der Waals surface area contributed by atoms with Crippen LogP contribution in [0.4, 0.5) is 0 Å². The van der Waals surface area contributed by atoms with Crippen molar-refractivity contribution < 1.29 is 14.3 Å². The highest BCUT2D eigenvalue weighted by Crippen LogP contribution is 2.35. The molecule has 9 heteroatoms. The van der Waals surface area contributed by atoms with Crippen LogP contribution in [0.1, 0.15) is 46.4 Å². The number of methoxy groups -OCH3 is 1. The van der Waals surface area contributed by atoms with E-state index in [0.29, 0.717) is 30.8 Å². The van der Waals surface area contributed by atoms with Gasteiger partial charge < -0.3 is 19.5 Å². The number of benzene rings is 2. The van der Waals surface area contributed by atoms with Gasteiger partial charge in [-0.2, -0.15) is 5.10 Å². The van der Waals surface area contributed by atoms with Crippen LogP contribution in [-0.4, -0.2) is 70.8 Å². The van der Waals surface area contributed by atoms with Gasteiger partial charge in [0.15, 0.2) is 0 Å². The zero-order valence-corrected chi connectivity index (χ0v) is 26.0. The molecule has 0 radical (unpaired) electrons. The maximum atomic E-state index is 13.9. The average molecular weight is 596 g/mol. The summed E-state index contributed by atoms with van der Waals surface area (Å²) in [4.78, 5) is 41.8. The molecule has 1 aliphatic rings. The van der Waals surface area contributed by atoms with E-state index < -0.39 is 5.91 Å². The van der Waals surface area contributed by atoms with Gasteiger partial charge in [-0.15, -0.1) is 0 Å². The van der Waals surface area contributed by atoms with Crippen molar-refractivity contribution in [2.45, 2.75) is 32.6 Å². The fourth-order valence-electron chi connectivity index (χ4n) is 6.25.